The lowest BCUT2D eigenvalue weighted by Gasteiger charge is -2.26. The molecular weight excluding hydrogens is 404 g/mol. The molecule has 0 aliphatic carbocycles. The lowest BCUT2D eigenvalue weighted by Crippen LogP contribution is -2.44. The Morgan fingerprint density at radius 3 is 2.55 bits per heavy atom. The monoisotopic (exact) mass is 422 g/mol. The van der Waals surface area contributed by atoms with Crippen molar-refractivity contribution in [1.29, 1.82) is 0 Å². The molecule has 2 aliphatic heterocycles. The molecule has 3 amide bonds. The maximum atomic E-state index is 13.1. The van der Waals surface area contributed by atoms with Crippen LogP contribution in [-0.4, -0.2) is 46.5 Å². The highest BCUT2D eigenvalue weighted by Crippen LogP contribution is 2.33. The number of para-hydroxylation sites is 1. The molecule has 4 rings (SSSR count). The molecule has 0 spiro atoms. The molecule has 9 nitrogen and oxygen atoms in total. The van der Waals surface area contributed by atoms with Crippen molar-refractivity contribution < 1.29 is 33.8 Å². The van der Waals surface area contributed by atoms with E-state index in [0.29, 0.717) is 28.8 Å². The molecular formula is C22H18N2O7. The van der Waals surface area contributed by atoms with Crippen LogP contribution in [0.5, 0.6) is 11.5 Å². The standard InChI is InChI=1S/C22H18N2O7/c25-19(8-9-21(27)28)23(12-14-6-7-17-18(10-14)31-13-30-17)16-11-20(26)24(22(16)29)15-4-2-1-3-5-15/h1-10,16H,11-13H2,(H,27,28)/b9-8+/t16-/m0/s1. The number of ether oxygens (including phenoxy) is 2. The Hall–Kier alpha value is -4.14. The third-order valence-electron chi connectivity index (χ3n) is 4.95. The minimum absolute atomic E-state index is 0.0221. The largest absolute Gasteiger partial charge is 0.478 e. The Labute approximate surface area is 177 Å². The maximum absolute atomic E-state index is 13.1. The number of hydrogen-bond acceptors (Lipinski definition) is 6. The van der Waals surface area contributed by atoms with Crippen LogP contribution in [0.15, 0.2) is 60.7 Å². The average molecular weight is 422 g/mol. The van der Waals surface area contributed by atoms with E-state index < -0.39 is 29.7 Å². The number of carboxylic acid groups (broad SMARTS) is 1. The van der Waals surface area contributed by atoms with Gasteiger partial charge in [0.25, 0.3) is 5.91 Å². The molecule has 31 heavy (non-hydrogen) atoms. The van der Waals surface area contributed by atoms with E-state index in [1.54, 1.807) is 48.5 Å². The van der Waals surface area contributed by atoms with Crippen molar-refractivity contribution in [2.75, 3.05) is 11.7 Å². The zero-order valence-electron chi connectivity index (χ0n) is 16.3. The van der Waals surface area contributed by atoms with Gasteiger partial charge in [-0.3, -0.25) is 14.4 Å². The van der Waals surface area contributed by atoms with Crippen LogP contribution in [0.25, 0.3) is 0 Å². The van der Waals surface area contributed by atoms with Gasteiger partial charge in [-0.25, -0.2) is 9.69 Å². The number of rotatable bonds is 6. The third-order valence-corrected chi connectivity index (χ3v) is 4.95. The molecule has 9 heteroatoms. The number of anilines is 1. The van der Waals surface area contributed by atoms with Crippen LogP contribution in [0.4, 0.5) is 5.69 Å². The fraction of sp³-hybridized carbons (Fsp3) is 0.182. The summed E-state index contributed by atoms with van der Waals surface area (Å²) >= 11 is 0. The lowest BCUT2D eigenvalue weighted by atomic mass is 10.1. The summed E-state index contributed by atoms with van der Waals surface area (Å²) in [6.07, 6.45) is 1.37. The van der Waals surface area contributed by atoms with E-state index in [9.17, 15) is 19.2 Å². The van der Waals surface area contributed by atoms with Crippen molar-refractivity contribution in [3.63, 3.8) is 0 Å². The van der Waals surface area contributed by atoms with Gasteiger partial charge in [0.2, 0.25) is 18.6 Å². The first-order valence-electron chi connectivity index (χ1n) is 9.46. The van der Waals surface area contributed by atoms with Gasteiger partial charge in [0, 0.05) is 18.7 Å². The van der Waals surface area contributed by atoms with Crippen molar-refractivity contribution in [3.05, 3.63) is 66.2 Å². The molecule has 2 aromatic carbocycles. The predicted octanol–water partition coefficient (Wildman–Crippen LogP) is 1.72. The molecule has 1 fully saturated rings. The number of aliphatic carboxylic acids is 1. The van der Waals surface area contributed by atoms with Gasteiger partial charge in [-0.1, -0.05) is 24.3 Å². The molecule has 0 aromatic heterocycles. The van der Waals surface area contributed by atoms with E-state index in [-0.39, 0.29) is 19.8 Å². The van der Waals surface area contributed by atoms with Crippen LogP contribution >= 0.6 is 0 Å². The summed E-state index contributed by atoms with van der Waals surface area (Å²) in [6, 6.07) is 12.4. The summed E-state index contributed by atoms with van der Waals surface area (Å²) in [7, 11) is 0. The molecule has 0 bridgehead atoms. The number of carboxylic acids is 1. The summed E-state index contributed by atoms with van der Waals surface area (Å²) in [5.74, 6) is -1.90. The molecule has 2 aliphatic rings. The van der Waals surface area contributed by atoms with Crippen LogP contribution in [0, 0.1) is 0 Å². The van der Waals surface area contributed by atoms with E-state index in [4.69, 9.17) is 14.6 Å². The zero-order chi connectivity index (χ0) is 22.0. The van der Waals surface area contributed by atoms with E-state index >= 15 is 0 Å². The second-order valence-corrected chi connectivity index (χ2v) is 6.95. The molecule has 0 unspecified atom stereocenters. The van der Waals surface area contributed by atoms with Gasteiger partial charge in [0.15, 0.2) is 11.5 Å². The molecule has 1 N–H and O–H groups in total. The minimum atomic E-state index is -1.30. The highest BCUT2D eigenvalue weighted by molar-refractivity contribution is 6.23. The Bertz CT molecular complexity index is 1080. The van der Waals surface area contributed by atoms with Crippen LogP contribution < -0.4 is 14.4 Å². The molecule has 1 saturated heterocycles. The fourth-order valence-corrected chi connectivity index (χ4v) is 3.52. The Balaban J connectivity index is 1.64. The van der Waals surface area contributed by atoms with Crippen molar-refractivity contribution >= 4 is 29.4 Å². The molecule has 2 aromatic rings. The summed E-state index contributed by atoms with van der Waals surface area (Å²) in [6.45, 7) is 0.0657. The van der Waals surface area contributed by atoms with E-state index in [2.05, 4.69) is 0 Å². The molecule has 0 saturated carbocycles. The molecule has 1 atom stereocenters. The van der Waals surface area contributed by atoms with Gasteiger partial charge in [-0.2, -0.15) is 0 Å². The van der Waals surface area contributed by atoms with Gasteiger partial charge >= 0.3 is 5.97 Å². The summed E-state index contributed by atoms with van der Waals surface area (Å²) in [5, 5.41) is 8.87. The lowest BCUT2D eigenvalue weighted by molar-refractivity contribution is -0.135. The minimum Gasteiger partial charge on any atom is -0.478 e. The number of carbonyl (C=O) groups excluding carboxylic acids is 3. The van der Waals surface area contributed by atoms with Crippen LogP contribution in [0.2, 0.25) is 0 Å². The fourth-order valence-electron chi connectivity index (χ4n) is 3.52. The summed E-state index contributed by atoms with van der Waals surface area (Å²) in [4.78, 5) is 51.6. The number of imide groups is 1. The van der Waals surface area contributed by atoms with Gasteiger partial charge in [0.05, 0.1) is 12.1 Å². The van der Waals surface area contributed by atoms with Gasteiger partial charge in [0.1, 0.15) is 6.04 Å². The van der Waals surface area contributed by atoms with Gasteiger partial charge in [-0.15, -0.1) is 0 Å². The van der Waals surface area contributed by atoms with Crippen molar-refractivity contribution in [2.24, 2.45) is 0 Å². The highest BCUT2D eigenvalue weighted by Gasteiger charge is 2.44. The number of benzene rings is 2. The zero-order valence-corrected chi connectivity index (χ0v) is 16.3. The third kappa shape index (κ3) is 4.11. The van der Waals surface area contributed by atoms with Crippen LogP contribution in [-0.2, 0) is 25.7 Å². The van der Waals surface area contributed by atoms with Crippen LogP contribution in [0.3, 0.4) is 0 Å². The maximum Gasteiger partial charge on any atom is 0.328 e. The number of nitrogens with zero attached hydrogens (tertiary/aromatic N) is 2. The smallest absolute Gasteiger partial charge is 0.328 e. The van der Waals surface area contributed by atoms with Crippen molar-refractivity contribution in [1.82, 2.24) is 4.90 Å². The predicted molar refractivity (Wildman–Crippen MR) is 107 cm³/mol. The SMILES string of the molecule is O=C(O)/C=C/C(=O)N(Cc1ccc2c(c1)OCO2)[C@H]1CC(=O)N(c2ccccc2)C1=O. The van der Waals surface area contributed by atoms with Crippen molar-refractivity contribution in [3.8, 4) is 11.5 Å². The molecule has 2 heterocycles. The first-order valence-corrected chi connectivity index (χ1v) is 9.46. The summed E-state index contributed by atoms with van der Waals surface area (Å²) < 4.78 is 10.6. The number of carbonyl (C=O) groups is 4. The number of fused-ring (bicyclic) bond motifs is 1. The second-order valence-electron chi connectivity index (χ2n) is 6.95. The highest BCUT2D eigenvalue weighted by atomic mass is 16.7. The Morgan fingerprint density at radius 2 is 1.81 bits per heavy atom. The number of hydrogen-bond donors (Lipinski definition) is 1. The van der Waals surface area contributed by atoms with Crippen molar-refractivity contribution in [2.45, 2.75) is 19.0 Å². The normalized spacial score (nSPS) is 17.4. The van der Waals surface area contributed by atoms with E-state index in [1.807, 2.05) is 0 Å². The van der Waals surface area contributed by atoms with E-state index in [0.717, 1.165) is 11.0 Å². The Kier molecular flexibility index (Phi) is 5.40. The van der Waals surface area contributed by atoms with Gasteiger partial charge in [-0.05, 0) is 29.8 Å². The average Bonchev–Trinajstić information content (AvgIpc) is 3.34. The summed E-state index contributed by atoms with van der Waals surface area (Å²) in [5.41, 5.74) is 1.05. The quantitative estimate of drug-likeness (QED) is 0.557. The van der Waals surface area contributed by atoms with Gasteiger partial charge < -0.3 is 19.5 Å². The first kappa shape index (κ1) is 20.1. The topological polar surface area (TPSA) is 113 Å². The molecule has 0 radical (unpaired) electrons. The number of amides is 3. The molecule has 158 valence electrons. The van der Waals surface area contributed by atoms with E-state index in [1.165, 1.54) is 4.90 Å². The second kappa shape index (κ2) is 8.31. The Morgan fingerprint density at radius 1 is 1.06 bits per heavy atom. The van der Waals surface area contributed by atoms with Crippen LogP contribution in [0.1, 0.15) is 12.0 Å². The first-order chi connectivity index (χ1) is 14.9.